The molecule has 2 fully saturated rings. The smallest absolute Gasteiger partial charge is 0.220 e. The molecule has 1 aromatic heterocycles. The van der Waals surface area contributed by atoms with Crippen LogP contribution in [-0.4, -0.2) is 24.0 Å². The van der Waals surface area contributed by atoms with Gasteiger partial charge in [-0.1, -0.05) is 12.1 Å². The van der Waals surface area contributed by atoms with Gasteiger partial charge in [-0.2, -0.15) is 0 Å². The molecular weight excluding hydrogens is 240 g/mol. The van der Waals surface area contributed by atoms with E-state index < -0.39 is 0 Å². The van der Waals surface area contributed by atoms with Crippen molar-refractivity contribution < 1.29 is 9.53 Å². The van der Waals surface area contributed by atoms with Crippen LogP contribution in [0.4, 0.5) is 0 Å². The Labute approximate surface area is 112 Å². The van der Waals surface area contributed by atoms with Gasteiger partial charge >= 0.3 is 0 Å². The van der Waals surface area contributed by atoms with Crippen molar-refractivity contribution >= 4 is 12.0 Å². The van der Waals surface area contributed by atoms with E-state index in [0.717, 1.165) is 18.0 Å². The van der Waals surface area contributed by atoms with Gasteiger partial charge in [-0.15, -0.1) is 0 Å². The van der Waals surface area contributed by atoms with E-state index in [4.69, 9.17) is 4.74 Å². The summed E-state index contributed by atoms with van der Waals surface area (Å²) in [5, 5.41) is 2.91. The fourth-order valence-electron chi connectivity index (χ4n) is 2.42. The van der Waals surface area contributed by atoms with E-state index >= 15 is 0 Å². The number of hydrogen-bond acceptors (Lipinski definition) is 3. The normalized spacial score (nSPS) is 22.8. The summed E-state index contributed by atoms with van der Waals surface area (Å²) in [4.78, 5) is 15.6. The largest absolute Gasteiger partial charge is 0.481 e. The van der Waals surface area contributed by atoms with E-state index in [1.807, 2.05) is 18.2 Å². The Kier molecular flexibility index (Phi) is 3.23. The van der Waals surface area contributed by atoms with Crippen molar-refractivity contribution in [3.63, 3.8) is 0 Å². The lowest BCUT2D eigenvalue weighted by atomic mass is 10.1. The van der Waals surface area contributed by atoms with Crippen LogP contribution in [0, 0.1) is 0 Å². The molecule has 1 N–H and O–H groups in total. The van der Waals surface area contributed by atoms with Gasteiger partial charge in [0.2, 0.25) is 11.8 Å². The van der Waals surface area contributed by atoms with Crippen molar-refractivity contribution in [2.45, 2.75) is 37.6 Å². The summed E-state index contributed by atoms with van der Waals surface area (Å²) in [6, 6.07) is 4.27. The van der Waals surface area contributed by atoms with Crippen LogP contribution in [0.1, 0.15) is 42.9 Å². The Morgan fingerprint density at radius 1 is 1.37 bits per heavy atom. The van der Waals surface area contributed by atoms with Crippen LogP contribution in [0.25, 0.3) is 6.08 Å². The fourth-order valence-corrected chi connectivity index (χ4v) is 2.42. The first-order valence-corrected chi connectivity index (χ1v) is 6.79. The summed E-state index contributed by atoms with van der Waals surface area (Å²) in [7, 11) is 1.67. The van der Waals surface area contributed by atoms with Crippen LogP contribution in [-0.2, 0) is 4.79 Å². The molecule has 0 radical (unpaired) electrons. The summed E-state index contributed by atoms with van der Waals surface area (Å²) in [5.41, 5.74) is 2.09. The highest BCUT2D eigenvalue weighted by Crippen LogP contribution is 2.43. The molecule has 2 heterocycles. The molecule has 0 spiro atoms. The zero-order valence-corrected chi connectivity index (χ0v) is 11.1. The van der Waals surface area contributed by atoms with Crippen LogP contribution in [0.3, 0.4) is 0 Å². The average molecular weight is 258 g/mol. The Morgan fingerprint density at radius 2 is 2.21 bits per heavy atom. The number of ether oxygens (including phenoxy) is 1. The minimum Gasteiger partial charge on any atom is -0.481 e. The maximum absolute atomic E-state index is 11.1. The Balaban J connectivity index is 1.74. The maximum atomic E-state index is 11.1. The molecule has 0 bridgehead atoms. The molecule has 19 heavy (non-hydrogen) atoms. The van der Waals surface area contributed by atoms with Gasteiger partial charge in [0.15, 0.2) is 0 Å². The first kappa shape index (κ1) is 12.2. The molecular formula is C15H18N2O2. The highest BCUT2D eigenvalue weighted by molar-refractivity contribution is 5.79. The zero-order chi connectivity index (χ0) is 13.2. The van der Waals surface area contributed by atoms with E-state index in [1.165, 1.54) is 18.4 Å². The number of nitrogens with zero attached hydrogens (tertiary/aromatic N) is 1. The number of nitrogens with one attached hydrogen (secondary N) is 1. The zero-order valence-electron chi connectivity index (χ0n) is 11.1. The third-order valence-electron chi connectivity index (χ3n) is 3.65. The lowest BCUT2D eigenvalue weighted by molar-refractivity contribution is -0.119. The molecule has 0 unspecified atom stereocenters. The third kappa shape index (κ3) is 2.78. The number of aromatic nitrogens is 1. The second kappa shape index (κ2) is 5.03. The molecule has 1 aromatic rings. The number of carbonyl (C=O) groups excluding carboxylic acids is 1. The van der Waals surface area contributed by atoms with Gasteiger partial charge in [0.25, 0.3) is 0 Å². The number of rotatable bonds is 4. The van der Waals surface area contributed by atoms with Gasteiger partial charge in [0.1, 0.15) is 0 Å². The molecule has 1 aliphatic carbocycles. The Morgan fingerprint density at radius 3 is 2.84 bits per heavy atom. The van der Waals surface area contributed by atoms with Crippen molar-refractivity contribution in [3.8, 4) is 5.88 Å². The predicted molar refractivity (Wildman–Crippen MR) is 73.0 cm³/mol. The van der Waals surface area contributed by atoms with E-state index in [9.17, 15) is 4.79 Å². The lowest BCUT2D eigenvalue weighted by Gasteiger charge is -2.07. The van der Waals surface area contributed by atoms with Crippen molar-refractivity contribution in [3.05, 3.63) is 29.5 Å². The van der Waals surface area contributed by atoms with E-state index in [2.05, 4.69) is 16.4 Å². The molecule has 4 nitrogen and oxygen atoms in total. The summed E-state index contributed by atoms with van der Waals surface area (Å²) in [6.07, 6.45) is 7.92. The molecule has 100 valence electrons. The van der Waals surface area contributed by atoms with E-state index in [-0.39, 0.29) is 11.9 Å². The molecule has 1 saturated carbocycles. The quantitative estimate of drug-likeness (QED) is 0.901. The minimum atomic E-state index is 0.129. The van der Waals surface area contributed by atoms with Gasteiger partial charge in [-0.3, -0.25) is 4.79 Å². The topological polar surface area (TPSA) is 51.2 Å². The second-order valence-corrected chi connectivity index (χ2v) is 5.18. The number of pyridine rings is 1. The fraction of sp³-hybridized carbons (Fsp3) is 0.467. The molecule has 2 aliphatic rings. The number of hydrogen-bond donors (Lipinski definition) is 1. The summed E-state index contributed by atoms with van der Waals surface area (Å²) in [5.74, 6) is 1.50. The molecule has 1 atom stereocenters. The van der Waals surface area contributed by atoms with Gasteiger partial charge in [0.05, 0.1) is 12.8 Å². The van der Waals surface area contributed by atoms with Crippen LogP contribution in [0.5, 0.6) is 5.88 Å². The van der Waals surface area contributed by atoms with Crippen LogP contribution >= 0.6 is 0 Å². The molecule has 3 rings (SSSR count). The van der Waals surface area contributed by atoms with Crippen molar-refractivity contribution in [1.82, 2.24) is 10.3 Å². The lowest BCUT2D eigenvalue weighted by Crippen LogP contribution is -2.22. The average Bonchev–Trinajstić information content (AvgIpc) is 3.19. The summed E-state index contributed by atoms with van der Waals surface area (Å²) < 4.78 is 5.36. The van der Waals surface area contributed by atoms with Gasteiger partial charge < -0.3 is 10.1 Å². The molecule has 1 amide bonds. The van der Waals surface area contributed by atoms with E-state index in [0.29, 0.717) is 12.3 Å². The summed E-state index contributed by atoms with van der Waals surface area (Å²) in [6.45, 7) is 0. The van der Waals surface area contributed by atoms with Gasteiger partial charge in [0, 0.05) is 18.0 Å². The predicted octanol–water partition coefficient (Wildman–Crippen LogP) is 2.26. The number of amides is 1. The molecule has 1 aliphatic heterocycles. The summed E-state index contributed by atoms with van der Waals surface area (Å²) >= 11 is 0. The van der Waals surface area contributed by atoms with E-state index in [1.54, 1.807) is 7.11 Å². The first-order chi connectivity index (χ1) is 9.26. The second-order valence-electron chi connectivity index (χ2n) is 5.18. The van der Waals surface area contributed by atoms with Crippen LogP contribution in [0.2, 0.25) is 0 Å². The molecule has 1 saturated heterocycles. The standard InChI is InChI=1S/C15H18N2O2/c1-19-15-13(10-2-3-10)8-6-12(17-15)5-4-11-7-9-14(18)16-11/h4-6,8,10-11H,2-3,7,9H2,1H3,(H,16,18)/b5-4+/t11-/m0/s1. The number of carbonyl (C=O) groups is 1. The van der Waals surface area contributed by atoms with Gasteiger partial charge in [-0.25, -0.2) is 4.98 Å². The van der Waals surface area contributed by atoms with Crippen molar-refractivity contribution in [1.29, 1.82) is 0 Å². The van der Waals surface area contributed by atoms with Gasteiger partial charge in [-0.05, 0) is 37.3 Å². The molecule has 0 aromatic carbocycles. The minimum absolute atomic E-state index is 0.129. The van der Waals surface area contributed by atoms with Crippen LogP contribution < -0.4 is 10.1 Å². The SMILES string of the molecule is COc1nc(/C=C/[C@H]2CCC(=O)N2)ccc1C1CC1. The maximum Gasteiger partial charge on any atom is 0.220 e. The van der Waals surface area contributed by atoms with Crippen LogP contribution in [0.15, 0.2) is 18.2 Å². The third-order valence-corrected chi connectivity index (χ3v) is 3.65. The molecule has 4 heteroatoms. The van der Waals surface area contributed by atoms with Crippen molar-refractivity contribution in [2.24, 2.45) is 0 Å². The number of methoxy groups -OCH3 is 1. The monoisotopic (exact) mass is 258 g/mol. The van der Waals surface area contributed by atoms with Crippen molar-refractivity contribution in [2.75, 3.05) is 7.11 Å². The highest BCUT2D eigenvalue weighted by Gasteiger charge is 2.27. The Hall–Kier alpha value is -1.84. The highest BCUT2D eigenvalue weighted by atomic mass is 16.5. The Bertz CT molecular complexity index is 521. The first-order valence-electron chi connectivity index (χ1n) is 6.79.